The second-order valence-electron chi connectivity index (χ2n) is 9.72. The van der Waals surface area contributed by atoms with Crippen molar-refractivity contribution in [3.05, 3.63) is 106 Å². The first-order valence-electron chi connectivity index (χ1n) is 13.1. The molecule has 10 heteroatoms. The normalized spacial score (nSPS) is 14.0. The zero-order chi connectivity index (χ0) is 27.5. The van der Waals surface area contributed by atoms with Crippen molar-refractivity contribution in [3.63, 3.8) is 0 Å². The molecule has 5 aromatic rings. The van der Waals surface area contributed by atoms with Crippen LogP contribution in [0.4, 0.5) is 5.69 Å². The molecule has 1 N–H and O–H groups in total. The summed E-state index contributed by atoms with van der Waals surface area (Å²) in [6.45, 7) is 3.36. The molecular weight excluding hydrogens is 588 g/mol. The minimum Gasteiger partial charge on any atom is -0.332 e. The molecule has 8 nitrogen and oxygen atoms in total. The molecule has 0 spiro atoms. The Bertz CT molecular complexity index is 1660. The largest absolute Gasteiger partial charge is 0.332 e. The molecule has 1 saturated heterocycles. The Morgan fingerprint density at radius 2 is 1.73 bits per heavy atom. The van der Waals surface area contributed by atoms with Crippen molar-refractivity contribution in [3.8, 4) is 10.4 Å². The van der Waals surface area contributed by atoms with Crippen LogP contribution in [-0.4, -0.2) is 62.4 Å². The van der Waals surface area contributed by atoms with Crippen LogP contribution in [0.2, 0.25) is 0 Å². The molecule has 1 aliphatic rings. The molecular formula is C30H27BrN6O2S. The number of anilines is 1. The summed E-state index contributed by atoms with van der Waals surface area (Å²) in [5, 5.41) is 11.2. The van der Waals surface area contributed by atoms with Crippen LogP contribution >= 0.6 is 27.3 Å². The van der Waals surface area contributed by atoms with Crippen LogP contribution in [0.3, 0.4) is 0 Å². The summed E-state index contributed by atoms with van der Waals surface area (Å²) in [5.74, 6) is -0.265. The predicted octanol–water partition coefficient (Wildman–Crippen LogP) is 5.09. The van der Waals surface area contributed by atoms with E-state index in [2.05, 4.69) is 60.6 Å². The fraction of sp³-hybridized carbons (Fsp3) is 0.200. The quantitative estimate of drug-likeness (QED) is 0.269. The van der Waals surface area contributed by atoms with Crippen molar-refractivity contribution in [2.75, 3.05) is 31.5 Å². The van der Waals surface area contributed by atoms with Gasteiger partial charge in [0.1, 0.15) is 5.82 Å². The molecule has 2 aromatic carbocycles. The number of benzene rings is 2. The molecule has 202 valence electrons. The van der Waals surface area contributed by atoms with Crippen LogP contribution in [0.5, 0.6) is 0 Å². The van der Waals surface area contributed by atoms with E-state index in [0.717, 1.165) is 41.1 Å². The molecule has 0 aliphatic carbocycles. The third-order valence-electron chi connectivity index (χ3n) is 6.96. The lowest BCUT2D eigenvalue weighted by molar-refractivity contribution is -0.144. The Balaban J connectivity index is 0.985. The topological polar surface area (TPSA) is 82.8 Å². The molecule has 1 aliphatic heterocycles. The van der Waals surface area contributed by atoms with Gasteiger partial charge < -0.3 is 10.2 Å². The zero-order valence-corrected chi connectivity index (χ0v) is 24.1. The molecule has 1 fully saturated rings. The molecule has 40 heavy (non-hydrogen) atoms. The molecule has 0 bridgehead atoms. The first-order valence-corrected chi connectivity index (χ1v) is 14.7. The van der Waals surface area contributed by atoms with E-state index in [9.17, 15) is 9.59 Å². The van der Waals surface area contributed by atoms with Gasteiger partial charge in [-0.25, -0.2) is 0 Å². The standard InChI is InChI=1S/C30H27BrN6O2S/c31-23-5-3-4-22(19-23)26-12-11-25(40-26)20-35-14-16-36(17-15-35)30(39)29(38)32-24-9-7-21(8-10-24)18-28-34-33-27-6-1-2-13-37(27)28/h1-13,19H,14-18,20H2,(H,32,38). The van der Waals surface area contributed by atoms with E-state index in [4.69, 9.17) is 0 Å². The fourth-order valence-corrected chi connectivity index (χ4v) is 6.26. The summed E-state index contributed by atoms with van der Waals surface area (Å²) >= 11 is 5.33. The number of carbonyl (C=O) groups is 2. The number of carbonyl (C=O) groups excluding carboxylic acids is 2. The van der Waals surface area contributed by atoms with E-state index in [1.165, 1.54) is 15.3 Å². The van der Waals surface area contributed by atoms with Gasteiger partial charge in [-0.2, -0.15) is 0 Å². The number of piperazine rings is 1. The van der Waals surface area contributed by atoms with Gasteiger partial charge in [-0.1, -0.05) is 46.3 Å². The maximum Gasteiger partial charge on any atom is 0.313 e. The lowest BCUT2D eigenvalue weighted by Crippen LogP contribution is -2.51. The Morgan fingerprint density at radius 3 is 2.52 bits per heavy atom. The number of amides is 2. The number of fused-ring (bicyclic) bond motifs is 1. The smallest absolute Gasteiger partial charge is 0.313 e. The number of rotatable bonds is 6. The SMILES string of the molecule is O=C(Nc1ccc(Cc2nnc3ccccn23)cc1)C(=O)N1CCN(Cc2ccc(-c3cccc(Br)c3)s2)CC1. The first-order chi connectivity index (χ1) is 19.5. The Kier molecular flexibility index (Phi) is 7.72. The van der Waals surface area contributed by atoms with E-state index in [1.807, 2.05) is 65.2 Å². The van der Waals surface area contributed by atoms with Gasteiger partial charge in [0.05, 0.1) is 0 Å². The van der Waals surface area contributed by atoms with Gasteiger partial charge >= 0.3 is 11.8 Å². The van der Waals surface area contributed by atoms with Crippen LogP contribution < -0.4 is 5.32 Å². The zero-order valence-electron chi connectivity index (χ0n) is 21.7. The van der Waals surface area contributed by atoms with Gasteiger partial charge in [0.15, 0.2) is 5.65 Å². The molecule has 4 heterocycles. The minimum atomic E-state index is -0.610. The summed E-state index contributed by atoms with van der Waals surface area (Å²) in [4.78, 5) is 32.0. The van der Waals surface area contributed by atoms with Gasteiger partial charge in [-0.15, -0.1) is 21.5 Å². The number of thiophene rings is 1. The monoisotopic (exact) mass is 614 g/mol. The van der Waals surface area contributed by atoms with Crippen molar-refractivity contribution in [1.29, 1.82) is 0 Å². The van der Waals surface area contributed by atoms with Crippen molar-refractivity contribution < 1.29 is 9.59 Å². The van der Waals surface area contributed by atoms with Crippen LogP contribution in [0.25, 0.3) is 16.1 Å². The summed E-state index contributed by atoms with van der Waals surface area (Å²) in [7, 11) is 0. The van der Waals surface area contributed by atoms with Crippen molar-refractivity contribution >= 4 is 50.4 Å². The average molecular weight is 616 g/mol. The maximum absolute atomic E-state index is 12.8. The van der Waals surface area contributed by atoms with E-state index in [-0.39, 0.29) is 0 Å². The maximum atomic E-state index is 12.8. The third kappa shape index (κ3) is 5.99. The molecule has 3 aromatic heterocycles. The van der Waals surface area contributed by atoms with Crippen molar-refractivity contribution in [2.24, 2.45) is 0 Å². The van der Waals surface area contributed by atoms with Crippen molar-refractivity contribution in [2.45, 2.75) is 13.0 Å². The summed E-state index contributed by atoms with van der Waals surface area (Å²) in [5.41, 5.74) is 3.63. The van der Waals surface area contributed by atoms with Crippen molar-refractivity contribution in [1.82, 2.24) is 24.4 Å². The summed E-state index contributed by atoms with van der Waals surface area (Å²) < 4.78 is 3.02. The highest BCUT2D eigenvalue weighted by molar-refractivity contribution is 9.10. The number of halogens is 1. The number of hydrogen-bond acceptors (Lipinski definition) is 6. The molecule has 0 unspecified atom stereocenters. The lowest BCUT2D eigenvalue weighted by Gasteiger charge is -2.34. The van der Waals surface area contributed by atoms with Crippen LogP contribution in [0.15, 0.2) is 89.5 Å². The molecule has 6 rings (SSSR count). The van der Waals surface area contributed by atoms with E-state index < -0.39 is 11.8 Å². The second-order valence-corrected chi connectivity index (χ2v) is 11.8. The highest BCUT2D eigenvalue weighted by atomic mass is 79.9. The highest BCUT2D eigenvalue weighted by Gasteiger charge is 2.26. The summed E-state index contributed by atoms with van der Waals surface area (Å²) in [6, 6.07) is 25.9. The number of hydrogen-bond donors (Lipinski definition) is 1. The number of nitrogens with one attached hydrogen (secondary N) is 1. The van der Waals surface area contributed by atoms with Gasteiger partial charge in [-0.05, 0) is 59.7 Å². The van der Waals surface area contributed by atoms with Crippen LogP contribution in [0, 0.1) is 0 Å². The number of nitrogens with zero attached hydrogens (tertiary/aromatic N) is 5. The molecule has 2 amide bonds. The molecule has 0 saturated carbocycles. The average Bonchev–Trinajstić information content (AvgIpc) is 3.61. The predicted molar refractivity (Wildman–Crippen MR) is 160 cm³/mol. The first kappa shape index (κ1) is 26.4. The van der Waals surface area contributed by atoms with Gasteiger partial charge in [0, 0.05) is 65.3 Å². The van der Waals surface area contributed by atoms with E-state index in [1.54, 1.807) is 16.2 Å². The second kappa shape index (κ2) is 11.7. The fourth-order valence-electron chi connectivity index (χ4n) is 4.82. The highest BCUT2D eigenvalue weighted by Crippen LogP contribution is 2.30. The number of aromatic nitrogens is 3. The van der Waals surface area contributed by atoms with Crippen LogP contribution in [0.1, 0.15) is 16.3 Å². The molecule has 0 radical (unpaired) electrons. The Hall–Kier alpha value is -3.86. The van der Waals surface area contributed by atoms with E-state index >= 15 is 0 Å². The van der Waals surface area contributed by atoms with Crippen LogP contribution in [-0.2, 0) is 22.6 Å². The van der Waals surface area contributed by atoms with Gasteiger partial charge in [0.2, 0.25) is 0 Å². The van der Waals surface area contributed by atoms with E-state index in [0.29, 0.717) is 25.2 Å². The number of pyridine rings is 1. The Labute approximate surface area is 244 Å². The molecule has 0 atom stereocenters. The Morgan fingerprint density at radius 1 is 0.900 bits per heavy atom. The van der Waals surface area contributed by atoms with Gasteiger partial charge in [-0.3, -0.25) is 18.9 Å². The summed E-state index contributed by atoms with van der Waals surface area (Å²) in [6.07, 6.45) is 2.55. The minimum absolute atomic E-state index is 0.494. The lowest BCUT2D eigenvalue weighted by atomic mass is 10.1. The third-order valence-corrected chi connectivity index (χ3v) is 8.57. The van der Waals surface area contributed by atoms with Gasteiger partial charge in [0.25, 0.3) is 0 Å².